The molecule has 1 unspecified atom stereocenters. The van der Waals surface area contributed by atoms with Crippen LogP contribution in [0.2, 0.25) is 0 Å². The third-order valence-corrected chi connectivity index (χ3v) is 2.66. The lowest BCUT2D eigenvalue weighted by Crippen LogP contribution is -2.06. The molecule has 0 N–H and O–H groups in total. The van der Waals surface area contributed by atoms with Crippen molar-refractivity contribution in [2.45, 2.75) is 20.3 Å². The van der Waals surface area contributed by atoms with Gasteiger partial charge in [-0.1, -0.05) is 19.1 Å². The predicted octanol–water partition coefficient (Wildman–Crippen LogP) is 2.54. The maximum atomic E-state index is 2.30. The average Bonchev–Trinajstić information content (AvgIpc) is 2.28. The van der Waals surface area contributed by atoms with Gasteiger partial charge in [0.25, 0.3) is 0 Å². The molecule has 1 aliphatic rings. The van der Waals surface area contributed by atoms with E-state index in [1.807, 2.05) is 0 Å². The van der Waals surface area contributed by atoms with Crippen LogP contribution >= 0.6 is 0 Å². The summed E-state index contributed by atoms with van der Waals surface area (Å²) in [4.78, 5) is 0. The quantitative estimate of drug-likeness (QED) is 0.551. The molecule has 0 aliphatic heterocycles. The molecule has 0 bridgehead atoms. The first-order valence-corrected chi connectivity index (χ1v) is 4.51. The summed E-state index contributed by atoms with van der Waals surface area (Å²) in [6.45, 7) is 4.45. The van der Waals surface area contributed by atoms with Crippen molar-refractivity contribution in [3.8, 4) is 0 Å². The van der Waals surface area contributed by atoms with Gasteiger partial charge < -0.3 is 4.57 Å². The van der Waals surface area contributed by atoms with Crippen molar-refractivity contribution in [3.63, 3.8) is 0 Å². The van der Waals surface area contributed by atoms with Gasteiger partial charge >= 0.3 is 0 Å². The standard InChI is InChI=1S/C11H15N/c1-8-4-5-10-9(2)7-12(3)11(10)6-8/h4-5,7-8H,6H2,1-3H3. The Morgan fingerprint density at radius 1 is 1.50 bits per heavy atom. The predicted molar refractivity (Wildman–Crippen MR) is 52.1 cm³/mol. The largest absolute Gasteiger partial charge is 0.354 e. The summed E-state index contributed by atoms with van der Waals surface area (Å²) in [6, 6.07) is 0. The summed E-state index contributed by atoms with van der Waals surface area (Å²) in [5, 5.41) is 0. The zero-order chi connectivity index (χ0) is 8.72. The Morgan fingerprint density at radius 2 is 2.25 bits per heavy atom. The molecule has 1 aromatic heterocycles. The summed E-state index contributed by atoms with van der Waals surface area (Å²) >= 11 is 0. The molecule has 0 saturated carbocycles. The summed E-state index contributed by atoms with van der Waals surface area (Å²) in [6.07, 6.45) is 7.97. The van der Waals surface area contributed by atoms with Gasteiger partial charge in [0.1, 0.15) is 0 Å². The van der Waals surface area contributed by atoms with Crippen molar-refractivity contribution >= 4 is 6.08 Å². The Labute approximate surface area is 73.7 Å². The lowest BCUT2D eigenvalue weighted by molar-refractivity contribution is 0.669. The first-order chi connectivity index (χ1) is 5.68. The highest BCUT2D eigenvalue weighted by Gasteiger charge is 2.14. The molecule has 0 radical (unpaired) electrons. The fraction of sp³-hybridized carbons (Fsp3) is 0.455. The van der Waals surface area contributed by atoms with Crippen LogP contribution in [0.25, 0.3) is 6.08 Å². The van der Waals surface area contributed by atoms with Gasteiger partial charge in [-0.2, -0.15) is 0 Å². The highest BCUT2D eigenvalue weighted by atomic mass is 14.9. The van der Waals surface area contributed by atoms with E-state index in [4.69, 9.17) is 0 Å². The molecule has 1 atom stereocenters. The molecular weight excluding hydrogens is 146 g/mol. The number of hydrogen-bond acceptors (Lipinski definition) is 0. The Bertz CT molecular complexity index is 331. The molecule has 2 rings (SSSR count). The van der Waals surface area contributed by atoms with Crippen molar-refractivity contribution in [3.05, 3.63) is 29.1 Å². The highest BCUT2D eigenvalue weighted by Crippen LogP contribution is 2.26. The van der Waals surface area contributed by atoms with Crippen LogP contribution in [0, 0.1) is 12.8 Å². The normalized spacial score (nSPS) is 21.1. The second-order valence-electron chi connectivity index (χ2n) is 3.82. The Balaban J connectivity index is 2.55. The van der Waals surface area contributed by atoms with E-state index in [2.05, 4.69) is 43.8 Å². The molecule has 1 nitrogen and oxygen atoms in total. The molecule has 12 heavy (non-hydrogen) atoms. The summed E-state index contributed by atoms with van der Waals surface area (Å²) in [5.74, 6) is 0.700. The minimum Gasteiger partial charge on any atom is -0.354 e. The van der Waals surface area contributed by atoms with Crippen molar-refractivity contribution in [2.75, 3.05) is 0 Å². The second-order valence-corrected chi connectivity index (χ2v) is 3.82. The van der Waals surface area contributed by atoms with Crippen LogP contribution in [-0.4, -0.2) is 4.57 Å². The molecule has 1 aliphatic carbocycles. The molecule has 0 aromatic carbocycles. The van der Waals surface area contributed by atoms with Gasteiger partial charge in [0.05, 0.1) is 0 Å². The van der Waals surface area contributed by atoms with Crippen LogP contribution in [-0.2, 0) is 13.5 Å². The number of hydrogen-bond donors (Lipinski definition) is 0. The summed E-state index contributed by atoms with van der Waals surface area (Å²) < 4.78 is 2.25. The molecule has 0 amide bonds. The van der Waals surface area contributed by atoms with Gasteiger partial charge in [0.15, 0.2) is 0 Å². The molecular formula is C11H15N. The zero-order valence-electron chi connectivity index (χ0n) is 7.96. The summed E-state index contributed by atoms with van der Waals surface area (Å²) in [7, 11) is 2.14. The fourth-order valence-corrected chi connectivity index (χ4v) is 1.97. The molecule has 64 valence electrons. The van der Waals surface area contributed by atoms with Crippen LogP contribution < -0.4 is 0 Å². The van der Waals surface area contributed by atoms with E-state index in [9.17, 15) is 0 Å². The number of fused-ring (bicyclic) bond motifs is 1. The SMILES string of the molecule is Cc1cn(C)c2c1C=CC(C)C2. The first-order valence-electron chi connectivity index (χ1n) is 4.51. The molecule has 1 heterocycles. The Hall–Kier alpha value is -0.980. The molecule has 1 aromatic rings. The van der Waals surface area contributed by atoms with Gasteiger partial charge in [-0.05, 0) is 30.4 Å². The first kappa shape index (κ1) is 7.66. The van der Waals surface area contributed by atoms with Crippen LogP contribution in [0.15, 0.2) is 12.3 Å². The molecule has 0 saturated heterocycles. The monoisotopic (exact) mass is 161 g/mol. The van der Waals surface area contributed by atoms with Crippen LogP contribution in [0.3, 0.4) is 0 Å². The minimum absolute atomic E-state index is 0.700. The number of aryl methyl sites for hydroxylation is 2. The number of allylic oxidation sites excluding steroid dienone is 1. The molecule has 1 heteroatoms. The van der Waals surface area contributed by atoms with Crippen LogP contribution in [0.5, 0.6) is 0 Å². The third-order valence-electron chi connectivity index (χ3n) is 2.66. The smallest absolute Gasteiger partial charge is 0.0252 e. The Morgan fingerprint density at radius 3 is 3.00 bits per heavy atom. The Kier molecular flexibility index (Phi) is 1.60. The van der Waals surface area contributed by atoms with Gasteiger partial charge in [-0.15, -0.1) is 0 Å². The number of nitrogens with zero attached hydrogens (tertiary/aromatic N) is 1. The van der Waals surface area contributed by atoms with E-state index < -0.39 is 0 Å². The number of aromatic nitrogens is 1. The van der Waals surface area contributed by atoms with Gasteiger partial charge in [0, 0.05) is 18.9 Å². The van der Waals surface area contributed by atoms with E-state index >= 15 is 0 Å². The van der Waals surface area contributed by atoms with Crippen molar-refractivity contribution in [1.29, 1.82) is 0 Å². The van der Waals surface area contributed by atoms with E-state index in [0.717, 1.165) is 0 Å². The molecule has 0 fully saturated rings. The van der Waals surface area contributed by atoms with E-state index in [1.165, 1.54) is 23.2 Å². The van der Waals surface area contributed by atoms with Crippen LogP contribution in [0.1, 0.15) is 23.7 Å². The molecule has 0 spiro atoms. The van der Waals surface area contributed by atoms with E-state index in [0.29, 0.717) is 5.92 Å². The zero-order valence-corrected chi connectivity index (χ0v) is 7.96. The lowest BCUT2D eigenvalue weighted by Gasteiger charge is -2.14. The maximum absolute atomic E-state index is 2.30. The van der Waals surface area contributed by atoms with Gasteiger partial charge in [-0.3, -0.25) is 0 Å². The summed E-state index contributed by atoms with van der Waals surface area (Å²) in [5.41, 5.74) is 4.33. The highest BCUT2D eigenvalue weighted by molar-refractivity contribution is 5.59. The lowest BCUT2D eigenvalue weighted by atomic mass is 9.95. The number of rotatable bonds is 0. The minimum atomic E-state index is 0.700. The van der Waals surface area contributed by atoms with Crippen molar-refractivity contribution < 1.29 is 0 Å². The topological polar surface area (TPSA) is 4.93 Å². The maximum Gasteiger partial charge on any atom is 0.0252 e. The van der Waals surface area contributed by atoms with Crippen LogP contribution in [0.4, 0.5) is 0 Å². The fourth-order valence-electron chi connectivity index (χ4n) is 1.97. The van der Waals surface area contributed by atoms with E-state index in [1.54, 1.807) is 0 Å². The van der Waals surface area contributed by atoms with Gasteiger partial charge in [0.2, 0.25) is 0 Å². The third kappa shape index (κ3) is 1.01. The van der Waals surface area contributed by atoms with Crippen molar-refractivity contribution in [1.82, 2.24) is 4.57 Å². The van der Waals surface area contributed by atoms with E-state index in [-0.39, 0.29) is 0 Å². The van der Waals surface area contributed by atoms with Gasteiger partial charge in [-0.25, -0.2) is 0 Å². The van der Waals surface area contributed by atoms with Crippen molar-refractivity contribution in [2.24, 2.45) is 13.0 Å². The average molecular weight is 161 g/mol. The second kappa shape index (κ2) is 2.51.